The second-order valence-corrected chi connectivity index (χ2v) is 8.46. The van der Waals surface area contributed by atoms with E-state index in [1.807, 2.05) is 0 Å². The van der Waals surface area contributed by atoms with E-state index in [2.05, 4.69) is 30.2 Å². The van der Waals surface area contributed by atoms with Crippen LogP contribution in [-0.2, 0) is 0 Å². The fourth-order valence-electron chi connectivity index (χ4n) is 4.60. The van der Waals surface area contributed by atoms with Crippen molar-refractivity contribution in [3.8, 4) is 0 Å². The van der Waals surface area contributed by atoms with Crippen LogP contribution >= 0.6 is 0 Å². The van der Waals surface area contributed by atoms with Gasteiger partial charge in [-0.15, -0.1) is 0 Å². The molecule has 0 saturated heterocycles. The summed E-state index contributed by atoms with van der Waals surface area (Å²) in [6, 6.07) is 0. The van der Waals surface area contributed by atoms with Crippen LogP contribution in [0.15, 0.2) is 0 Å². The van der Waals surface area contributed by atoms with Gasteiger partial charge in [-0.2, -0.15) is 0 Å². The third kappa shape index (κ3) is 9.96. The van der Waals surface area contributed by atoms with Crippen molar-refractivity contribution in [2.24, 2.45) is 5.92 Å². The van der Waals surface area contributed by atoms with Crippen molar-refractivity contribution in [2.45, 2.75) is 111 Å². The molecule has 0 aromatic heterocycles. The Kier molecular flexibility index (Phi) is 14.9. The van der Waals surface area contributed by atoms with Gasteiger partial charge in [0.2, 0.25) is 5.84 Å². The van der Waals surface area contributed by atoms with Gasteiger partial charge in [0.05, 0.1) is 19.1 Å². The van der Waals surface area contributed by atoms with Crippen LogP contribution in [0.5, 0.6) is 0 Å². The number of aliphatic hydroxyl groups excluding tert-OH is 1. The third-order valence-electron chi connectivity index (χ3n) is 6.22. The van der Waals surface area contributed by atoms with Crippen molar-refractivity contribution in [3.05, 3.63) is 0 Å². The van der Waals surface area contributed by atoms with Crippen molar-refractivity contribution in [1.82, 2.24) is 4.90 Å². The van der Waals surface area contributed by atoms with E-state index in [1.54, 1.807) is 5.84 Å². The number of hydrogen-bond acceptors (Lipinski definition) is 2. The molecule has 27 heavy (non-hydrogen) atoms. The maximum Gasteiger partial charge on any atom is 0.250 e. The Hall–Kier alpha value is -0.570. The zero-order valence-electron chi connectivity index (χ0n) is 18.9. The number of rotatable bonds is 18. The molecule has 0 spiro atoms. The van der Waals surface area contributed by atoms with Gasteiger partial charge in [-0.3, -0.25) is 9.48 Å². The predicted octanol–water partition coefficient (Wildman–Crippen LogP) is 5.84. The van der Waals surface area contributed by atoms with E-state index in [4.69, 9.17) is 0 Å². The van der Waals surface area contributed by atoms with Crippen LogP contribution in [0.2, 0.25) is 0 Å². The molecule has 1 aliphatic heterocycles. The first-order chi connectivity index (χ1) is 13.3. The quantitative estimate of drug-likeness (QED) is 0.238. The van der Waals surface area contributed by atoms with E-state index >= 15 is 0 Å². The molecule has 0 fully saturated rings. The van der Waals surface area contributed by atoms with Crippen LogP contribution in [0.25, 0.3) is 0 Å². The molecule has 0 amide bonds. The summed E-state index contributed by atoms with van der Waals surface area (Å²) >= 11 is 0. The second-order valence-electron chi connectivity index (χ2n) is 8.46. The molecular formula is C24H49N2O+. The van der Waals surface area contributed by atoms with Crippen LogP contribution in [0, 0.1) is 5.92 Å². The van der Waals surface area contributed by atoms with E-state index in [1.165, 1.54) is 89.9 Å². The van der Waals surface area contributed by atoms with Crippen LogP contribution in [0.3, 0.4) is 0 Å². The monoisotopic (exact) mass is 381 g/mol. The Morgan fingerprint density at radius 1 is 0.815 bits per heavy atom. The van der Waals surface area contributed by atoms with E-state index in [9.17, 15) is 5.11 Å². The molecule has 1 aliphatic rings. The van der Waals surface area contributed by atoms with Gasteiger partial charge in [-0.25, -0.2) is 0 Å². The Balaban J connectivity index is 2.56. The number of amidine groups is 1. The Morgan fingerprint density at radius 3 is 1.81 bits per heavy atom. The molecule has 3 heteroatoms. The summed E-state index contributed by atoms with van der Waals surface area (Å²) in [5.41, 5.74) is 0. The van der Waals surface area contributed by atoms with Crippen molar-refractivity contribution < 1.29 is 9.68 Å². The standard InChI is InChI=1S/C24H49N2O/c1-4-7-9-11-12-14-16-18-23(17-15-13-10-8-5-2)24-25(6-3)19-20-26(24)21-22-27/h23,27H,4-22H2,1-3H3/q+1/t23-/m1/s1. The Morgan fingerprint density at radius 2 is 1.33 bits per heavy atom. The molecule has 0 radical (unpaired) electrons. The van der Waals surface area contributed by atoms with Crippen molar-refractivity contribution in [1.29, 1.82) is 0 Å². The number of unbranched alkanes of at least 4 members (excludes halogenated alkanes) is 10. The molecule has 0 aliphatic carbocycles. The molecule has 0 saturated carbocycles. The summed E-state index contributed by atoms with van der Waals surface area (Å²) in [5.74, 6) is 2.27. The van der Waals surface area contributed by atoms with Crippen molar-refractivity contribution >= 4 is 5.84 Å². The summed E-state index contributed by atoms with van der Waals surface area (Å²) in [5, 5.41) is 9.50. The van der Waals surface area contributed by atoms with Crippen molar-refractivity contribution in [3.63, 3.8) is 0 Å². The lowest BCUT2D eigenvalue weighted by Gasteiger charge is -2.21. The molecule has 0 unspecified atom stereocenters. The zero-order chi connectivity index (χ0) is 19.7. The zero-order valence-corrected chi connectivity index (χ0v) is 18.9. The fourth-order valence-corrected chi connectivity index (χ4v) is 4.60. The van der Waals surface area contributed by atoms with Crippen LogP contribution < -0.4 is 0 Å². The fraction of sp³-hybridized carbons (Fsp3) is 0.958. The first-order valence-electron chi connectivity index (χ1n) is 12.3. The highest BCUT2D eigenvalue weighted by molar-refractivity contribution is 5.81. The number of hydrogen-bond donors (Lipinski definition) is 1. The molecule has 3 nitrogen and oxygen atoms in total. The van der Waals surface area contributed by atoms with Gasteiger partial charge < -0.3 is 5.11 Å². The lowest BCUT2D eigenvalue weighted by atomic mass is 9.92. The molecule has 160 valence electrons. The first kappa shape index (κ1) is 24.5. The molecule has 1 heterocycles. The van der Waals surface area contributed by atoms with Crippen LogP contribution in [0.4, 0.5) is 0 Å². The maximum absolute atomic E-state index is 9.50. The second kappa shape index (κ2) is 16.4. The highest BCUT2D eigenvalue weighted by Crippen LogP contribution is 2.24. The van der Waals surface area contributed by atoms with Crippen LogP contribution in [-0.4, -0.2) is 53.2 Å². The smallest absolute Gasteiger partial charge is 0.250 e. The highest BCUT2D eigenvalue weighted by Gasteiger charge is 2.34. The number of aliphatic hydroxyl groups is 1. The summed E-state index contributed by atoms with van der Waals surface area (Å²) in [6.45, 7) is 11.3. The van der Waals surface area contributed by atoms with Gasteiger partial charge in [-0.05, 0) is 19.8 Å². The van der Waals surface area contributed by atoms with Gasteiger partial charge in [0.1, 0.15) is 19.6 Å². The number of β-amino-alcohol motifs (C(OH)–C–C–N with tert-alkyl or cyclic N) is 1. The molecular weight excluding hydrogens is 332 g/mol. The Labute approximate surface area is 170 Å². The molecule has 0 bridgehead atoms. The lowest BCUT2D eigenvalue weighted by molar-refractivity contribution is -0.522. The summed E-state index contributed by atoms with van der Waals surface area (Å²) in [4.78, 5) is 2.59. The van der Waals surface area contributed by atoms with Gasteiger partial charge in [0.25, 0.3) is 0 Å². The molecule has 1 N–H and O–H groups in total. The van der Waals surface area contributed by atoms with E-state index in [-0.39, 0.29) is 6.61 Å². The van der Waals surface area contributed by atoms with Gasteiger partial charge in [-0.1, -0.05) is 90.9 Å². The lowest BCUT2D eigenvalue weighted by Crippen LogP contribution is -2.36. The summed E-state index contributed by atoms with van der Waals surface area (Å²) in [6.07, 6.45) is 19.3. The number of likely N-dealkylation sites (N-methyl/N-ethyl adjacent to an activating group) is 1. The topological polar surface area (TPSA) is 26.5 Å². The van der Waals surface area contributed by atoms with Gasteiger partial charge in [0, 0.05) is 0 Å². The average Bonchev–Trinajstić information content (AvgIpc) is 3.08. The highest BCUT2D eigenvalue weighted by atomic mass is 16.3. The van der Waals surface area contributed by atoms with Crippen LogP contribution in [0.1, 0.15) is 111 Å². The summed E-state index contributed by atoms with van der Waals surface area (Å²) in [7, 11) is 0. The average molecular weight is 382 g/mol. The minimum absolute atomic E-state index is 0.279. The predicted molar refractivity (Wildman–Crippen MR) is 119 cm³/mol. The van der Waals surface area contributed by atoms with Gasteiger partial charge >= 0.3 is 0 Å². The third-order valence-corrected chi connectivity index (χ3v) is 6.22. The van der Waals surface area contributed by atoms with E-state index in [0.29, 0.717) is 5.92 Å². The van der Waals surface area contributed by atoms with E-state index in [0.717, 1.165) is 26.2 Å². The summed E-state index contributed by atoms with van der Waals surface area (Å²) < 4.78 is 2.49. The maximum atomic E-state index is 9.50. The minimum atomic E-state index is 0.279. The van der Waals surface area contributed by atoms with Crippen molar-refractivity contribution in [2.75, 3.05) is 32.8 Å². The molecule has 1 rings (SSSR count). The Bertz CT molecular complexity index is 381. The largest absolute Gasteiger partial charge is 0.392 e. The SMILES string of the molecule is CCCCCCCCC[C@@H](CCCCCCC)C1=[N+](CCO)CCN1CC. The van der Waals surface area contributed by atoms with E-state index < -0.39 is 0 Å². The first-order valence-corrected chi connectivity index (χ1v) is 12.3. The van der Waals surface area contributed by atoms with Gasteiger partial charge in [0.15, 0.2) is 0 Å². The molecule has 0 aromatic rings. The normalized spacial score (nSPS) is 15.8. The molecule has 1 atom stereocenters. The molecule has 0 aromatic carbocycles. The number of nitrogens with zero attached hydrogens (tertiary/aromatic N) is 2. The minimum Gasteiger partial charge on any atom is -0.392 e.